The van der Waals surface area contributed by atoms with Crippen LogP contribution in [0.3, 0.4) is 0 Å². The van der Waals surface area contributed by atoms with Crippen LogP contribution in [-0.2, 0) is 9.84 Å². The number of imidazole rings is 1. The number of thiazole rings is 1. The first-order valence-electron chi connectivity index (χ1n) is 11.5. The first-order chi connectivity index (χ1) is 17.5. The Labute approximate surface area is 218 Å². The van der Waals surface area contributed by atoms with Gasteiger partial charge in [0.2, 0.25) is 0 Å². The molecule has 1 aromatic carbocycles. The molecule has 10 nitrogen and oxygen atoms in total. The summed E-state index contributed by atoms with van der Waals surface area (Å²) in [5.74, 6) is 1.72. The highest BCUT2D eigenvalue weighted by Crippen LogP contribution is 2.35. The van der Waals surface area contributed by atoms with Gasteiger partial charge in [-0.05, 0) is 52.8 Å². The van der Waals surface area contributed by atoms with E-state index in [9.17, 15) is 8.42 Å². The fourth-order valence-electron chi connectivity index (χ4n) is 3.81. The van der Waals surface area contributed by atoms with Gasteiger partial charge >= 0.3 is 0 Å². The maximum absolute atomic E-state index is 12.8. The van der Waals surface area contributed by atoms with Gasteiger partial charge in [-0.3, -0.25) is 4.98 Å². The molecule has 0 radical (unpaired) electrons. The Morgan fingerprint density at radius 1 is 0.838 bits per heavy atom. The van der Waals surface area contributed by atoms with Crippen molar-refractivity contribution in [1.82, 2.24) is 29.9 Å². The van der Waals surface area contributed by atoms with Crippen molar-refractivity contribution in [3.63, 3.8) is 0 Å². The van der Waals surface area contributed by atoms with E-state index in [0.29, 0.717) is 40.0 Å². The van der Waals surface area contributed by atoms with Crippen molar-refractivity contribution in [2.45, 2.75) is 39.5 Å². The summed E-state index contributed by atoms with van der Waals surface area (Å²) in [6, 6.07) is 7.07. The summed E-state index contributed by atoms with van der Waals surface area (Å²) in [7, 11) is -3.56. The number of benzene rings is 1. The fourth-order valence-corrected chi connectivity index (χ4v) is 5.58. The Morgan fingerprint density at radius 3 is 2.30 bits per heavy atom. The van der Waals surface area contributed by atoms with E-state index < -0.39 is 9.84 Å². The number of nitrogens with zero attached hydrogens (tertiary/aromatic N) is 5. The van der Waals surface area contributed by atoms with E-state index in [1.165, 1.54) is 17.6 Å². The lowest BCUT2D eigenvalue weighted by atomic mass is 10.2. The van der Waals surface area contributed by atoms with E-state index in [2.05, 4.69) is 40.5 Å². The van der Waals surface area contributed by atoms with E-state index in [1.54, 1.807) is 24.4 Å². The van der Waals surface area contributed by atoms with Crippen molar-refractivity contribution < 1.29 is 8.42 Å². The highest BCUT2D eigenvalue weighted by atomic mass is 32.2. The molecule has 37 heavy (non-hydrogen) atoms. The first-order valence-corrected chi connectivity index (χ1v) is 14.2. The molecular weight excluding hydrogens is 508 g/mol. The van der Waals surface area contributed by atoms with Crippen molar-refractivity contribution in [3.05, 3.63) is 58.2 Å². The quantitative estimate of drug-likeness (QED) is 0.265. The zero-order valence-electron chi connectivity index (χ0n) is 21.3. The van der Waals surface area contributed by atoms with E-state index >= 15 is 0 Å². The van der Waals surface area contributed by atoms with Crippen LogP contribution in [0.1, 0.15) is 27.8 Å². The third kappa shape index (κ3) is 5.02. The molecule has 0 fully saturated rings. The summed E-state index contributed by atoms with van der Waals surface area (Å²) in [6.45, 7) is 9.56. The van der Waals surface area contributed by atoms with Crippen LogP contribution in [0.15, 0.2) is 35.4 Å². The average molecular weight is 535 g/mol. The van der Waals surface area contributed by atoms with Crippen molar-refractivity contribution in [3.8, 4) is 10.6 Å². The minimum Gasteiger partial charge on any atom is -0.353 e. The van der Waals surface area contributed by atoms with Gasteiger partial charge in [0.1, 0.15) is 28.0 Å². The Bertz CT molecular complexity index is 1750. The summed E-state index contributed by atoms with van der Waals surface area (Å²) >= 11 is 1.54. The van der Waals surface area contributed by atoms with Gasteiger partial charge in [-0.1, -0.05) is 0 Å². The number of aromatic amines is 1. The number of H-pyrrole nitrogens is 1. The zero-order chi connectivity index (χ0) is 26.5. The second kappa shape index (κ2) is 9.20. The van der Waals surface area contributed by atoms with Crippen LogP contribution in [-0.4, -0.2) is 44.6 Å². The lowest BCUT2D eigenvalue weighted by molar-refractivity contribution is 0.602. The Kier molecular flexibility index (Phi) is 6.16. The number of rotatable bonds is 6. The molecular formula is C25H26N8O2S2. The summed E-state index contributed by atoms with van der Waals surface area (Å²) in [5.41, 5.74) is 5.53. The van der Waals surface area contributed by atoms with Crippen LogP contribution in [0.4, 0.5) is 23.0 Å². The second-order valence-corrected chi connectivity index (χ2v) is 12.1. The molecule has 0 unspecified atom stereocenters. The lowest BCUT2D eigenvalue weighted by Crippen LogP contribution is -2.05. The summed E-state index contributed by atoms with van der Waals surface area (Å²) in [5, 5.41) is 7.25. The van der Waals surface area contributed by atoms with Gasteiger partial charge in [-0.25, -0.2) is 28.4 Å². The smallest absolute Gasteiger partial charge is 0.181 e. The SMILES string of the molecule is Cc1nc2nc(Nc3cnc(C)c(C)n3)cc(Nc3ccc(-c4nc(C)c(C)s4)cc3S(C)(=O)=O)c2[nH]1. The number of pyridine rings is 1. The lowest BCUT2D eigenvalue weighted by Gasteiger charge is -2.14. The predicted octanol–water partition coefficient (Wildman–Crippen LogP) is 5.30. The van der Waals surface area contributed by atoms with Gasteiger partial charge in [-0.15, -0.1) is 11.3 Å². The molecule has 0 saturated heterocycles. The molecule has 0 aliphatic heterocycles. The van der Waals surface area contributed by atoms with Gasteiger partial charge in [0.25, 0.3) is 0 Å². The molecule has 0 aliphatic carbocycles. The number of aryl methyl sites for hydroxylation is 5. The second-order valence-electron chi connectivity index (χ2n) is 8.90. The van der Waals surface area contributed by atoms with Gasteiger partial charge in [0.15, 0.2) is 15.5 Å². The van der Waals surface area contributed by atoms with E-state index in [-0.39, 0.29) is 4.90 Å². The van der Waals surface area contributed by atoms with Gasteiger partial charge in [-0.2, -0.15) is 0 Å². The molecule has 0 amide bonds. The molecule has 190 valence electrons. The summed E-state index contributed by atoms with van der Waals surface area (Å²) in [6.07, 6.45) is 2.84. The van der Waals surface area contributed by atoms with Gasteiger partial charge in [0, 0.05) is 22.8 Å². The number of hydrogen-bond acceptors (Lipinski definition) is 10. The number of nitrogens with one attached hydrogen (secondary N) is 3. The maximum atomic E-state index is 12.8. The molecule has 0 bridgehead atoms. The van der Waals surface area contributed by atoms with Crippen LogP contribution in [0.2, 0.25) is 0 Å². The van der Waals surface area contributed by atoms with Crippen molar-refractivity contribution in [2.24, 2.45) is 0 Å². The van der Waals surface area contributed by atoms with E-state index in [4.69, 9.17) is 0 Å². The molecule has 4 aromatic heterocycles. The number of anilines is 4. The summed E-state index contributed by atoms with van der Waals surface area (Å²) in [4.78, 5) is 27.0. The van der Waals surface area contributed by atoms with Gasteiger partial charge in [0.05, 0.1) is 39.5 Å². The summed E-state index contributed by atoms with van der Waals surface area (Å²) < 4.78 is 25.6. The minimum absolute atomic E-state index is 0.172. The number of sulfone groups is 1. The predicted molar refractivity (Wildman–Crippen MR) is 147 cm³/mol. The largest absolute Gasteiger partial charge is 0.353 e. The van der Waals surface area contributed by atoms with Crippen LogP contribution in [0.5, 0.6) is 0 Å². The normalized spacial score (nSPS) is 11.7. The van der Waals surface area contributed by atoms with Crippen molar-refractivity contribution >= 4 is 55.3 Å². The monoisotopic (exact) mass is 534 g/mol. The van der Waals surface area contributed by atoms with Crippen LogP contribution >= 0.6 is 11.3 Å². The van der Waals surface area contributed by atoms with E-state index in [0.717, 1.165) is 32.5 Å². The zero-order valence-corrected chi connectivity index (χ0v) is 22.9. The van der Waals surface area contributed by atoms with Gasteiger partial charge < -0.3 is 15.6 Å². The number of hydrogen-bond donors (Lipinski definition) is 3. The topological polar surface area (TPSA) is 138 Å². The minimum atomic E-state index is -3.56. The molecule has 4 heterocycles. The Balaban J connectivity index is 1.58. The third-order valence-electron chi connectivity index (χ3n) is 5.95. The first kappa shape index (κ1) is 24.8. The Morgan fingerprint density at radius 2 is 1.62 bits per heavy atom. The van der Waals surface area contributed by atoms with Crippen molar-refractivity contribution in [1.29, 1.82) is 0 Å². The fraction of sp³-hybridized carbons (Fsp3) is 0.240. The maximum Gasteiger partial charge on any atom is 0.181 e. The standard InChI is InChI=1S/C25H26N8O2S2/c1-12-13(2)27-22(11-26-12)32-21-10-19(23-24(33-21)30-16(5)29-23)31-18-8-7-17(9-20(18)37(6,34)35)25-28-14(3)15(4)36-25/h7-11H,1-6H3,(H3,27,29,30,31,32,33). The molecule has 5 rings (SSSR count). The highest BCUT2D eigenvalue weighted by molar-refractivity contribution is 7.90. The molecule has 0 saturated carbocycles. The number of aromatic nitrogens is 6. The molecule has 0 spiro atoms. The van der Waals surface area contributed by atoms with Crippen LogP contribution < -0.4 is 10.6 Å². The molecule has 12 heteroatoms. The van der Waals surface area contributed by atoms with Crippen LogP contribution in [0.25, 0.3) is 21.7 Å². The molecule has 0 atom stereocenters. The molecule has 5 aromatic rings. The third-order valence-corrected chi connectivity index (χ3v) is 8.21. The van der Waals surface area contributed by atoms with E-state index in [1.807, 2.05) is 40.7 Å². The highest BCUT2D eigenvalue weighted by Gasteiger charge is 2.19. The average Bonchev–Trinajstić information content (AvgIpc) is 3.37. The van der Waals surface area contributed by atoms with Crippen LogP contribution in [0, 0.1) is 34.6 Å². The molecule has 3 N–H and O–H groups in total. The molecule has 0 aliphatic rings. The number of fused-ring (bicyclic) bond motifs is 1. The Hall–Kier alpha value is -3.90. The van der Waals surface area contributed by atoms with Crippen molar-refractivity contribution in [2.75, 3.05) is 16.9 Å².